The van der Waals surface area contributed by atoms with E-state index in [0.29, 0.717) is 12.8 Å². The van der Waals surface area contributed by atoms with Gasteiger partial charge in [0.25, 0.3) is 0 Å². The molecule has 0 aromatic rings. The number of carbonyl (C=O) groups is 6. The molecule has 4 amide bonds. The van der Waals surface area contributed by atoms with Crippen molar-refractivity contribution >= 4 is 35.6 Å². The van der Waals surface area contributed by atoms with Crippen molar-refractivity contribution in [3.63, 3.8) is 0 Å². The maximum absolute atomic E-state index is 12.9. The van der Waals surface area contributed by atoms with E-state index < -0.39 is 72.1 Å². The number of aliphatic carboxylic acids is 2. The predicted octanol–water partition coefficient (Wildman–Crippen LogP) is -0.925. The van der Waals surface area contributed by atoms with Crippen LogP contribution in [0.15, 0.2) is 0 Å². The normalized spacial score (nSPS) is 15.3. The Labute approximate surface area is 204 Å². The number of amides is 4. The first-order chi connectivity index (χ1) is 16.2. The van der Waals surface area contributed by atoms with E-state index in [9.17, 15) is 33.9 Å². The summed E-state index contributed by atoms with van der Waals surface area (Å²) in [5, 5.41) is 25.6. The highest BCUT2D eigenvalue weighted by molar-refractivity contribution is 5.94. The van der Waals surface area contributed by atoms with E-state index in [0.717, 1.165) is 0 Å². The molecule has 0 spiro atoms. The van der Waals surface area contributed by atoms with Crippen LogP contribution in [-0.2, 0) is 28.8 Å². The van der Waals surface area contributed by atoms with Crippen molar-refractivity contribution in [2.75, 3.05) is 0 Å². The van der Waals surface area contributed by atoms with Gasteiger partial charge in [-0.25, -0.2) is 4.79 Å². The zero-order valence-corrected chi connectivity index (χ0v) is 20.7. The van der Waals surface area contributed by atoms with Gasteiger partial charge in [-0.3, -0.25) is 24.0 Å². The molecule has 5 unspecified atom stereocenters. The average Bonchev–Trinajstić information content (AvgIpc) is 2.75. The molecule has 0 bridgehead atoms. The summed E-state index contributed by atoms with van der Waals surface area (Å²) < 4.78 is 0. The largest absolute Gasteiger partial charge is 0.481 e. The van der Waals surface area contributed by atoms with Crippen molar-refractivity contribution in [3.8, 4) is 0 Å². The van der Waals surface area contributed by atoms with Gasteiger partial charge in [0.2, 0.25) is 23.6 Å². The fraction of sp³-hybridized carbons (Fsp3) is 0.727. The summed E-state index contributed by atoms with van der Waals surface area (Å²) in [7, 11) is 0. The monoisotopic (exact) mass is 501 g/mol. The van der Waals surface area contributed by atoms with E-state index >= 15 is 0 Å². The second-order valence-corrected chi connectivity index (χ2v) is 9.01. The molecule has 0 aromatic carbocycles. The van der Waals surface area contributed by atoms with E-state index in [1.807, 2.05) is 13.8 Å². The topological polar surface area (TPSA) is 231 Å². The molecule has 0 radical (unpaired) electrons. The highest BCUT2D eigenvalue weighted by Crippen LogP contribution is 2.10. The fourth-order valence-corrected chi connectivity index (χ4v) is 3.19. The van der Waals surface area contributed by atoms with Crippen LogP contribution < -0.4 is 27.4 Å². The predicted molar refractivity (Wildman–Crippen MR) is 126 cm³/mol. The molecule has 0 aromatic heterocycles. The molecule has 0 aliphatic heterocycles. The first kappa shape index (κ1) is 31.8. The van der Waals surface area contributed by atoms with Gasteiger partial charge in [-0.15, -0.1) is 0 Å². The van der Waals surface area contributed by atoms with Gasteiger partial charge < -0.3 is 37.6 Å². The molecule has 13 nitrogen and oxygen atoms in total. The fourth-order valence-electron chi connectivity index (χ4n) is 3.19. The van der Waals surface area contributed by atoms with E-state index in [1.165, 1.54) is 0 Å². The standard InChI is InChI=1S/C22H39N5O8/c1-5-12(4)18(22(34)35)27-21(33)15(7-9-17(29)30)26-20(32)14(6-8-16(24)28)25-19(31)13(23)10-11(2)3/h11-15,18H,5-10,23H2,1-4H3,(H2,24,28)(H,25,31)(H,26,32)(H,27,33)(H,29,30)(H,34,35). The first-order valence-electron chi connectivity index (χ1n) is 11.6. The Morgan fingerprint density at radius 3 is 1.71 bits per heavy atom. The molecule has 0 saturated carbocycles. The van der Waals surface area contributed by atoms with Crippen LogP contribution in [-0.4, -0.2) is 69.9 Å². The van der Waals surface area contributed by atoms with Gasteiger partial charge in [0, 0.05) is 12.8 Å². The third kappa shape index (κ3) is 12.7. The molecule has 0 saturated heterocycles. The van der Waals surface area contributed by atoms with Gasteiger partial charge in [0.05, 0.1) is 6.04 Å². The summed E-state index contributed by atoms with van der Waals surface area (Å²) in [5.41, 5.74) is 11.0. The van der Waals surface area contributed by atoms with Gasteiger partial charge in [0.1, 0.15) is 18.1 Å². The molecule has 0 heterocycles. The summed E-state index contributed by atoms with van der Waals surface area (Å²) >= 11 is 0. The van der Waals surface area contributed by atoms with Gasteiger partial charge in [-0.1, -0.05) is 34.1 Å². The molecule has 35 heavy (non-hydrogen) atoms. The number of nitrogens with two attached hydrogens (primary N) is 2. The summed E-state index contributed by atoms with van der Waals surface area (Å²) in [6.07, 6.45) is -0.467. The lowest BCUT2D eigenvalue weighted by Gasteiger charge is -2.26. The minimum absolute atomic E-state index is 0.102. The first-order valence-corrected chi connectivity index (χ1v) is 11.6. The number of carboxylic acid groups (broad SMARTS) is 2. The van der Waals surface area contributed by atoms with Crippen LogP contribution in [0.2, 0.25) is 0 Å². The Hall–Kier alpha value is -3.22. The molecule has 0 fully saturated rings. The summed E-state index contributed by atoms with van der Waals surface area (Å²) in [6.45, 7) is 7.09. The van der Waals surface area contributed by atoms with Gasteiger partial charge in [-0.2, -0.15) is 0 Å². The van der Waals surface area contributed by atoms with Crippen LogP contribution >= 0.6 is 0 Å². The molecular weight excluding hydrogens is 462 g/mol. The van der Waals surface area contributed by atoms with E-state index in [-0.39, 0.29) is 25.2 Å². The lowest BCUT2D eigenvalue weighted by Crippen LogP contribution is -2.58. The number of hydrogen-bond acceptors (Lipinski definition) is 7. The lowest BCUT2D eigenvalue weighted by atomic mass is 9.98. The highest BCUT2D eigenvalue weighted by Gasteiger charge is 2.32. The Balaban J connectivity index is 5.68. The Kier molecular flexibility index (Phi) is 14.2. The van der Waals surface area contributed by atoms with Gasteiger partial charge in [-0.05, 0) is 31.1 Å². The molecule has 0 aliphatic carbocycles. The minimum atomic E-state index is -1.40. The van der Waals surface area contributed by atoms with Crippen molar-refractivity contribution in [2.24, 2.45) is 23.3 Å². The third-order valence-corrected chi connectivity index (χ3v) is 5.43. The van der Waals surface area contributed by atoms with Crippen LogP contribution in [0.5, 0.6) is 0 Å². The van der Waals surface area contributed by atoms with E-state index in [1.54, 1.807) is 13.8 Å². The number of nitrogens with one attached hydrogen (secondary N) is 3. The van der Waals surface area contributed by atoms with Crippen LogP contribution in [0.3, 0.4) is 0 Å². The van der Waals surface area contributed by atoms with Crippen LogP contribution in [0.4, 0.5) is 0 Å². The molecule has 13 heteroatoms. The van der Waals surface area contributed by atoms with Crippen molar-refractivity contribution < 1.29 is 39.0 Å². The Morgan fingerprint density at radius 2 is 1.29 bits per heavy atom. The molecular formula is C22H39N5O8. The molecule has 0 aliphatic rings. The van der Waals surface area contributed by atoms with Crippen molar-refractivity contribution in [3.05, 3.63) is 0 Å². The van der Waals surface area contributed by atoms with Crippen molar-refractivity contribution in [1.82, 2.24) is 16.0 Å². The smallest absolute Gasteiger partial charge is 0.326 e. The SMILES string of the molecule is CCC(C)C(NC(=O)C(CCC(=O)O)NC(=O)C(CCC(N)=O)NC(=O)C(N)CC(C)C)C(=O)O. The van der Waals surface area contributed by atoms with Crippen LogP contribution in [0.25, 0.3) is 0 Å². The van der Waals surface area contributed by atoms with E-state index in [2.05, 4.69) is 16.0 Å². The maximum Gasteiger partial charge on any atom is 0.326 e. The van der Waals surface area contributed by atoms with Crippen molar-refractivity contribution in [2.45, 2.75) is 90.4 Å². The van der Waals surface area contributed by atoms with Crippen molar-refractivity contribution in [1.29, 1.82) is 0 Å². The number of carbonyl (C=O) groups excluding carboxylic acids is 4. The average molecular weight is 502 g/mol. The zero-order chi connectivity index (χ0) is 27.3. The quantitative estimate of drug-likeness (QED) is 0.130. The number of hydrogen-bond donors (Lipinski definition) is 7. The number of rotatable bonds is 17. The molecule has 5 atom stereocenters. The maximum atomic E-state index is 12.9. The Bertz CT molecular complexity index is 773. The summed E-state index contributed by atoms with van der Waals surface area (Å²) in [5.74, 6) is -5.95. The molecule has 200 valence electrons. The van der Waals surface area contributed by atoms with Crippen LogP contribution in [0.1, 0.15) is 66.2 Å². The second kappa shape index (κ2) is 15.6. The van der Waals surface area contributed by atoms with E-state index in [4.69, 9.17) is 16.6 Å². The molecule has 0 rings (SSSR count). The zero-order valence-electron chi connectivity index (χ0n) is 20.7. The summed E-state index contributed by atoms with van der Waals surface area (Å²) in [6, 6.07) is -4.85. The number of carboxylic acids is 2. The van der Waals surface area contributed by atoms with Gasteiger partial charge >= 0.3 is 11.9 Å². The Morgan fingerprint density at radius 1 is 0.800 bits per heavy atom. The highest BCUT2D eigenvalue weighted by atomic mass is 16.4. The summed E-state index contributed by atoms with van der Waals surface area (Å²) in [4.78, 5) is 72.1. The number of primary amides is 1. The third-order valence-electron chi connectivity index (χ3n) is 5.43. The van der Waals surface area contributed by atoms with Gasteiger partial charge in [0.15, 0.2) is 0 Å². The lowest BCUT2D eigenvalue weighted by molar-refractivity contribution is -0.144. The second-order valence-electron chi connectivity index (χ2n) is 9.01. The van der Waals surface area contributed by atoms with Crippen LogP contribution in [0, 0.1) is 11.8 Å². The minimum Gasteiger partial charge on any atom is -0.481 e. The molecule has 9 N–H and O–H groups in total.